The van der Waals surface area contributed by atoms with E-state index in [9.17, 15) is 14.4 Å². The Bertz CT molecular complexity index is 1310. The minimum Gasteiger partial charge on any atom is -0.493 e. The molecule has 0 radical (unpaired) electrons. The molecule has 0 atom stereocenters. The molecule has 38 heavy (non-hydrogen) atoms. The van der Waals surface area contributed by atoms with Crippen molar-refractivity contribution in [1.82, 2.24) is 10.7 Å². The van der Waals surface area contributed by atoms with Crippen molar-refractivity contribution in [3.8, 4) is 17.2 Å². The third kappa shape index (κ3) is 8.37. The Morgan fingerprint density at radius 1 is 0.868 bits per heavy atom. The van der Waals surface area contributed by atoms with Gasteiger partial charge in [0.05, 0.1) is 20.4 Å². The molecular weight excluding hydrogens is 488 g/mol. The number of hydrogen-bond acceptors (Lipinski definition) is 7. The topological polar surface area (TPSA) is 127 Å². The molecule has 0 saturated heterocycles. The molecule has 0 aliphatic carbocycles. The summed E-state index contributed by atoms with van der Waals surface area (Å²) in [7, 11) is 3.10. The predicted octanol–water partition coefficient (Wildman–Crippen LogP) is 2.84. The molecule has 3 amide bonds. The summed E-state index contributed by atoms with van der Waals surface area (Å²) < 4.78 is 16.1. The fourth-order valence-electron chi connectivity index (χ4n) is 3.43. The van der Waals surface area contributed by atoms with Gasteiger partial charge in [0.25, 0.3) is 5.91 Å². The molecule has 0 aromatic heterocycles. The average Bonchev–Trinajstić information content (AvgIpc) is 2.92. The number of amides is 3. The highest BCUT2D eigenvalue weighted by Crippen LogP contribution is 2.27. The van der Waals surface area contributed by atoms with Crippen LogP contribution in [0.5, 0.6) is 17.2 Å². The minimum absolute atomic E-state index is 0.215. The maximum atomic E-state index is 12.2. The van der Waals surface area contributed by atoms with Crippen LogP contribution < -0.4 is 30.3 Å². The highest BCUT2D eigenvalue weighted by Gasteiger charge is 2.13. The monoisotopic (exact) mass is 518 g/mol. The zero-order chi connectivity index (χ0) is 27.3. The van der Waals surface area contributed by atoms with E-state index in [0.29, 0.717) is 34.9 Å². The summed E-state index contributed by atoms with van der Waals surface area (Å²) in [5.41, 5.74) is 5.32. The fourth-order valence-corrected chi connectivity index (χ4v) is 3.43. The first-order valence-corrected chi connectivity index (χ1v) is 11.8. The molecule has 0 heterocycles. The molecule has 3 aromatic carbocycles. The minimum atomic E-state index is -0.913. The van der Waals surface area contributed by atoms with Crippen LogP contribution in [0.4, 0.5) is 5.69 Å². The molecule has 3 aromatic rings. The molecule has 0 saturated carbocycles. The Hall–Kier alpha value is -4.86. The van der Waals surface area contributed by atoms with Gasteiger partial charge in [-0.1, -0.05) is 30.3 Å². The van der Waals surface area contributed by atoms with E-state index in [1.54, 1.807) is 56.7 Å². The van der Waals surface area contributed by atoms with Crippen LogP contribution in [0.15, 0.2) is 71.8 Å². The van der Waals surface area contributed by atoms with Crippen LogP contribution in [0.3, 0.4) is 0 Å². The van der Waals surface area contributed by atoms with Gasteiger partial charge in [0, 0.05) is 17.8 Å². The predicted molar refractivity (Wildman–Crippen MR) is 144 cm³/mol. The van der Waals surface area contributed by atoms with Crippen LogP contribution in [0.2, 0.25) is 0 Å². The number of carbonyl (C=O) groups is 3. The molecule has 0 spiro atoms. The molecule has 10 nitrogen and oxygen atoms in total. The number of para-hydroxylation sites is 1. The van der Waals surface area contributed by atoms with Crippen molar-refractivity contribution in [2.45, 2.75) is 13.3 Å². The molecule has 10 heteroatoms. The van der Waals surface area contributed by atoms with Gasteiger partial charge in [-0.25, -0.2) is 5.43 Å². The van der Waals surface area contributed by atoms with Gasteiger partial charge in [-0.15, -0.1) is 0 Å². The first-order chi connectivity index (χ1) is 18.4. The van der Waals surface area contributed by atoms with Crippen LogP contribution in [-0.2, 0) is 20.8 Å². The molecule has 0 unspecified atom stereocenters. The lowest BCUT2D eigenvalue weighted by atomic mass is 10.1. The lowest BCUT2D eigenvalue weighted by Crippen LogP contribution is -2.38. The quantitative estimate of drug-likeness (QED) is 0.204. The molecule has 198 valence electrons. The van der Waals surface area contributed by atoms with Gasteiger partial charge in [-0.2, -0.15) is 5.10 Å². The first kappa shape index (κ1) is 27.7. The highest BCUT2D eigenvalue weighted by atomic mass is 16.5. The number of rotatable bonds is 11. The summed E-state index contributed by atoms with van der Waals surface area (Å²) in [6, 6.07) is 19.7. The molecule has 0 fully saturated rings. The number of anilines is 1. The smallest absolute Gasteiger partial charge is 0.329 e. The van der Waals surface area contributed by atoms with Crippen LogP contribution in [0.1, 0.15) is 16.7 Å². The maximum absolute atomic E-state index is 12.2. The van der Waals surface area contributed by atoms with Crippen LogP contribution in [-0.4, -0.2) is 51.3 Å². The van der Waals surface area contributed by atoms with Crippen LogP contribution in [0.25, 0.3) is 0 Å². The van der Waals surface area contributed by atoms with Crippen LogP contribution >= 0.6 is 0 Å². The van der Waals surface area contributed by atoms with Gasteiger partial charge in [-0.3, -0.25) is 14.4 Å². The van der Waals surface area contributed by atoms with Crippen LogP contribution in [0, 0.1) is 6.92 Å². The summed E-state index contributed by atoms with van der Waals surface area (Å²) >= 11 is 0. The number of benzene rings is 3. The number of ether oxygens (including phenoxy) is 3. The number of nitrogens with one attached hydrogen (secondary N) is 3. The van der Waals surface area contributed by atoms with Gasteiger partial charge >= 0.3 is 11.8 Å². The molecule has 0 bridgehead atoms. The molecule has 3 N–H and O–H groups in total. The van der Waals surface area contributed by atoms with Gasteiger partial charge in [-0.05, 0) is 60.9 Å². The fraction of sp³-hybridized carbons (Fsp3) is 0.214. The number of methoxy groups -OCH3 is 2. The van der Waals surface area contributed by atoms with E-state index >= 15 is 0 Å². The summed E-state index contributed by atoms with van der Waals surface area (Å²) in [5, 5.41) is 9.16. The lowest BCUT2D eigenvalue weighted by Gasteiger charge is -2.10. The van der Waals surface area contributed by atoms with E-state index in [4.69, 9.17) is 14.2 Å². The molecule has 3 rings (SSSR count). The van der Waals surface area contributed by atoms with E-state index < -0.39 is 11.8 Å². The third-order valence-electron chi connectivity index (χ3n) is 5.30. The molecular formula is C28H30N4O6. The van der Waals surface area contributed by atoms with E-state index in [1.165, 1.54) is 6.21 Å². The third-order valence-corrected chi connectivity index (χ3v) is 5.30. The number of carbonyl (C=O) groups excluding carboxylic acids is 3. The Morgan fingerprint density at radius 3 is 2.42 bits per heavy atom. The van der Waals surface area contributed by atoms with Crippen molar-refractivity contribution >= 4 is 29.6 Å². The van der Waals surface area contributed by atoms with Gasteiger partial charge < -0.3 is 24.8 Å². The average molecular weight is 519 g/mol. The number of hydrazone groups is 1. The van der Waals surface area contributed by atoms with Crippen molar-refractivity contribution < 1.29 is 28.6 Å². The summed E-state index contributed by atoms with van der Waals surface area (Å²) in [6.45, 7) is 1.96. The van der Waals surface area contributed by atoms with Gasteiger partial charge in [0.15, 0.2) is 18.1 Å². The van der Waals surface area contributed by atoms with E-state index in [0.717, 1.165) is 11.1 Å². The summed E-state index contributed by atoms with van der Waals surface area (Å²) in [5.74, 6) is -0.469. The van der Waals surface area contributed by atoms with Crippen molar-refractivity contribution in [2.75, 3.05) is 32.7 Å². The highest BCUT2D eigenvalue weighted by molar-refractivity contribution is 6.35. The van der Waals surface area contributed by atoms with E-state index in [1.807, 2.05) is 31.2 Å². The number of aryl methyl sites for hydroxylation is 1. The summed E-state index contributed by atoms with van der Waals surface area (Å²) in [6.07, 6.45) is 1.83. The zero-order valence-electron chi connectivity index (χ0n) is 21.4. The maximum Gasteiger partial charge on any atom is 0.329 e. The van der Waals surface area contributed by atoms with Crippen molar-refractivity contribution in [1.29, 1.82) is 0 Å². The second-order valence-electron chi connectivity index (χ2n) is 8.14. The Morgan fingerprint density at radius 2 is 1.66 bits per heavy atom. The molecule has 0 aliphatic heterocycles. The number of hydrogen-bond donors (Lipinski definition) is 3. The second kappa shape index (κ2) is 14.0. The Balaban J connectivity index is 1.46. The van der Waals surface area contributed by atoms with E-state index in [2.05, 4.69) is 21.2 Å². The largest absolute Gasteiger partial charge is 0.493 e. The van der Waals surface area contributed by atoms with E-state index in [-0.39, 0.29) is 19.1 Å². The van der Waals surface area contributed by atoms with Crippen molar-refractivity contribution in [3.63, 3.8) is 0 Å². The molecule has 0 aliphatic rings. The standard InChI is InChI=1S/C28H30N4O6/c1-19-7-6-9-22(15-19)31-26(33)18-38-23-10-5-4-8-21(23)17-30-32-28(35)27(34)29-14-13-20-11-12-24(36-2)25(16-20)37-3/h4-12,15-17H,13-14,18H2,1-3H3,(H,29,34)(H,31,33)(H,32,35)/b30-17-. The number of nitrogens with zero attached hydrogens (tertiary/aromatic N) is 1. The SMILES string of the molecule is COc1ccc(CCNC(=O)C(=O)N/N=C\c2ccccc2OCC(=O)Nc2cccc(C)c2)cc1OC. The van der Waals surface area contributed by atoms with Crippen molar-refractivity contribution in [3.05, 3.63) is 83.4 Å². The lowest BCUT2D eigenvalue weighted by molar-refractivity contribution is -0.139. The summed E-state index contributed by atoms with van der Waals surface area (Å²) in [4.78, 5) is 36.4. The van der Waals surface area contributed by atoms with Gasteiger partial charge in [0.2, 0.25) is 0 Å². The zero-order valence-corrected chi connectivity index (χ0v) is 21.4. The van der Waals surface area contributed by atoms with Gasteiger partial charge in [0.1, 0.15) is 5.75 Å². The Kier molecular flexibility index (Phi) is 10.2. The second-order valence-corrected chi connectivity index (χ2v) is 8.14. The Labute approximate surface area is 221 Å². The normalized spacial score (nSPS) is 10.5. The van der Waals surface area contributed by atoms with Crippen molar-refractivity contribution in [2.24, 2.45) is 5.10 Å². The first-order valence-electron chi connectivity index (χ1n) is 11.8.